The lowest BCUT2D eigenvalue weighted by molar-refractivity contribution is -0.384. The molecule has 1 heterocycles. The van der Waals surface area contributed by atoms with E-state index in [-0.39, 0.29) is 17.0 Å². The first-order chi connectivity index (χ1) is 18.2. The highest BCUT2D eigenvalue weighted by atomic mass is 16.6. The fraction of sp³-hybridized carbons (Fsp3) is 0.219. The number of carbonyl (C=O) groups excluding carboxylic acids is 1. The van der Waals surface area contributed by atoms with Gasteiger partial charge in [-0.1, -0.05) is 106 Å². The Hall–Kier alpha value is -4.45. The Labute approximate surface area is 223 Å². The second-order valence-electron chi connectivity index (χ2n) is 10.7. The molecule has 0 spiro atoms. The number of fused-ring (bicyclic) bond motifs is 1. The Balaban J connectivity index is 1.69. The minimum atomic E-state index is -0.450. The van der Waals surface area contributed by atoms with E-state index in [2.05, 4.69) is 62.1 Å². The van der Waals surface area contributed by atoms with Crippen molar-refractivity contribution in [2.24, 2.45) is 0 Å². The molecule has 0 saturated heterocycles. The largest absolute Gasteiger partial charge is 0.342 e. The normalized spacial score (nSPS) is 15.3. The number of hydrogen-bond donors (Lipinski definition) is 0. The van der Waals surface area contributed by atoms with Gasteiger partial charge in [-0.25, -0.2) is 0 Å². The molecule has 1 atom stereocenters. The molecule has 38 heavy (non-hydrogen) atoms. The molecule has 1 aliphatic heterocycles. The molecule has 0 radical (unpaired) electrons. The number of nitro benzene ring substituents is 1. The topological polar surface area (TPSA) is 66.7 Å². The summed E-state index contributed by atoms with van der Waals surface area (Å²) >= 11 is 0. The van der Waals surface area contributed by atoms with Crippen LogP contribution in [0, 0.1) is 10.1 Å². The van der Waals surface area contributed by atoms with Crippen molar-refractivity contribution in [3.05, 3.63) is 141 Å². The van der Waals surface area contributed by atoms with E-state index < -0.39 is 11.1 Å². The van der Waals surface area contributed by atoms with Gasteiger partial charge in [0.15, 0.2) is 0 Å². The van der Waals surface area contributed by atoms with Gasteiger partial charge in [-0.3, -0.25) is 14.9 Å². The first-order valence-corrected chi connectivity index (χ1v) is 12.8. The number of non-ortho nitro benzene ring substituents is 1. The van der Waals surface area contributed by atoms with Crippen LogP contribution >= 0.6 is 0 Å². The molecule has 0 unspecified atom stereocenters. The molecule has 0 aliphatic carbocycles. The Bertz CT molecular complexity index is 1450. The number of anilines is 1. The number of rotatable bonds is 6. The maximum atomic E-state index is 14.1. The fourth-order valence-corrected chi connectivity index (χ4v) is 5.03. The molecular formula is C32H31N3O3. The van der Waals surface area contributed by atoms with Gasteiger partial charge in [0.25, 0.3) is 11.6 Å². The lowest BCUT2D eigenvalue weighted by Gasteiger charge is -2.46. The smallest absolute Gasteiger partial charge is 0.270 e. The molecule has 1 aliphatic rings. The van der Waals surface area contributed by atoms with Crippen molar-refractivity contribution >= 4 is 17.3 Å². The summed E-state index contributed by atoms with van der Waals surface area (Å²) in [6.45, 7) is 7.45. The van der Waals surface area contributed by atoms with Gasteiger partial charge in [0.1, 0.15) is 6.17 Å². The van der Waals surface area contributed by atoms with Crippen LogP contribution in [0.2, 0.25) is 0 Å². The van der Waals surface area contributed by atoms with Crippen LogP contribution in [0.1, 0.15) is 59.5 Å². The van der Waals surface area contributed by atoms with Crippen LogP contribution in [-0.4, -0.2) is 15.7 Å². The molecule has 4 aromatic carbocycles. The summed E-state index contributed by atoms with van der Waals surface area (Å²) in [6, 6.07) is 33.0. The Morgan fingerprint density at radius 1 is 0.763 bits per heavy atom. The fourth-order valence-electron chi connectivity index (χ4n) is 5.03. The zero-order chi connectivity index (χ0) is 26.9. The van der Waals surface area contributed by atoms with E-state index in [1.165, 1.54) is 17.7 Å². The van der Waals surface area contributed by atoms with Crippen molar-refractivity contribution in [1.29, 1.82) is 0 Å². The van der Waals surface area contributed by atoms with Gasteiger partial charge in [-0.2, -0.15) is 0 Å². The molecule has 192 valence electrons. The van der Waals surface area contributed by atoms with E-state index in [1.807, 2.05) is 53.4 Å². The van der Waals surface area contributed by atoms with E-state index >= 15 is 0 Å². The lowest BCUT2D eigenvalue weighted by atomic mass is 9.86. The van der Waals surface area contributed by atoms with Crippen LogP contribution in [0.5, 0.6) is 0 Å². The molecule has 6 nitrogen and oxygen atoms in total. The number of nitrogens with zero attached hydrogens (tertiary/aromatic N) is 3. The summed E-state index contributed by atoms with van der Waals surface area (Å²) in [5.74, 6) is -0.221. The maximum Gasteiger partial charge on any atom is 0.270 e. The van der Waals surface area contributed by atoms with Gasteiger partial charge < -0.3 is 9.80 Å². The van der Waals surface area contributed by atoms with Gasteiger partial charge in [0.2, 0.25) is 0 Å². The van der Waals surface area contributed by atoms with Gasteiger partial charge in [-0.05, 0) is 33.7 Å². The van der Waals surface area contributed by atoms with Crippen LogP contribution in [0.3, 0.4) is 0 Å². The van der Waals surface area contributed by atoms with Crippen LogP contribution in [-0.2, 0) is 18.5 Å². The highest BCUT2D eigenvalue weighted by Crippen LogP contribution is 2.42. The van der Waals surface area contributed by atoms with Crippen LogP contribution in [0.15, 0.2) is 103 Å². The van der Waals surface area contributed by atoms with Crippen molar-refractivity contribution in [1.82, 2.24) is 4.90 Å². The predicted octanol–water partition coefficient (Wildman–Crippen LogP) is 7.25. The number of hydrogen-bond acceptors (Lipinski definition) is 4. The third-order valence-corrected chi connectivity index (χ3v) is 7.05. The average molecular weight is 506 g/mol. The Morgan fingerprint density at radius 3 is 1.84 bits per heavy atom. The number of amides is 1. The number of nitro groups is 1. The van der Waals surface area contributed by atoms with Gasteiger partial charge in [0, 0.05) is 25.2 Å². The van der Waals surface area contributed by atoms with E-state index in [0.717, 1.165) is 16.7 Å². The minimum Gasteiger partial charge on any atom is -0.342 e. The number of carbonyl (C=O) groups is 1. The average Bonchev–Trinajstić information content (AvgIpc) is 2.92. The lowest BCUT2D eigenvalue weighted by Crippen LogP contribution is -2.48. The summed E-state index contributed by atoms with van der Waals surface area (Å²) in [5.41, 5.74) is 5.22. The molecule has 0 fully saturated rings. The van der Waals surface area contributed by atoms with Gasteiger partial charge >= 0.3 is 0 Å². The van der Waals surface area contributed by atoms with Crippen molar-refractivity contribution in [2.45, 2.75) is 45.4 Å². The number of benzene rings is 4. The molecule has 1 amide bonds. The first-order valence-electron chi connectivity index (χ1n) is 12.8. The predicted molar refractivity (Wildman–Crippen MR) is 150 cm³/mol. The second-order valence-corrected chi connectivity index (χ2v) is 10.7. The van der Waals surface area contributed by atoms with Crippen LogP contribution in [0.25, 0.3) is 0 Å². The zero-order valence-corrected chi connectivity index (χ0v) is 21.9. The molecule has 0 saturated carbocycles. The molecule has 0 N–H and O–H groups in total. The minimum absolute atomic E-state index is 0.0000987. The van der Waals surface area contributed by atoms with E-state index in [0.29, 0.717) is 24.3 Å². The highest BCUT2D eigenvalue weighted by Gasteiger charge is 2.39. The first kappa shape index (κ1) is 25.2. The quantitative estimate of drug-likeness (QED) is 0.204. The third-order valence-electron chi connectivity index (χ3n) is 7.05. The third kappa shape index (κ3) is 5.02. The Kier molecular flexibility index (Phi) is 6.72. The van der Waals surface area contributed by atoms with E-state index in [1.54, 1.807) is 6.07 Å². The standard InChI is InChI=1S/C32H31N3O3/c1-32(2,3)26-16-14-25(15-17-26)30-33(21-23-10-6-4-7-11-23)29-19-18-27(35(37)38)20-28(29)31(36)34(30)22-24-12-8-5-9-13-24/h4-20,30H,21-22H2,1-3H3/t30-/m0/s1. The molecule has 0 bridgehead atoms. The zero-order valence-electron chi connectivity index (χ0n) is 21.9. The monoisotopic (exact) mass is 505 g/mol. The summed E-state index contributed by atoms with van der Waals surface area (Å²) in [5, 5.41) is 11.6. The van der Waals surface area contributed by atoms with Crippen molar-refractivity contribution < 1.29 is 9.72 Å². The summed E-state index contributed by atoms with van der Waals surface area (Å²) < 4.78 is 0. The summed E-state index contributed by atoms with van der Waals surface area (Å²) in [6.07, 6.45) is -0.397. The van der Waals surface area contributed by atoms with Gasteiger partial charge in [-0.15, -0.1) is 0 Å². The Morgan fingerprint density at radius 2 is 1.32 bits per heavy atom. The van der Waals surface area contributed by atoms with E-state index in [9.17, 15) is 14.9 Å². The summed E-state index contributed by atoms with van der Waals surface area (Å²) in [7, 11) is 0. The van der Waals surface area contributed by atoms with Crippen molar-refractivity contribution in [2.75, 3.05) is 4.90 Å². The molecule has 5 rings (SSSR count). The summed E-state index contributed by atoms with van der Waals surface area (Å²) in [4.78, 5) is 29.2. The molecule has 6 heteroatoms. The second kappa shape index (κ2) is 10.1. The maximum absolute atomic E-state index is 14.1. The van der Waals surface area contributed by atoms with Crippen LogP contribution in [0.4, 0.5) is 11.4 Å². The highest BCUT2D eigenvalue weighted by molar-refractivity contribution is 6.02. The SMILES string of the molecule is CC(C)(C)c1ccc([C@@H]2N(Cc3ccccc3)C(=O)c3cc([N+](=O)[O-])ccc3N2Cc2ccccc2)cc1. The molecule has 0 aromatic heterocycles. The van der Waals surface area contributed by atoms with E-state index in [4.69, 9.17) is 0 Å². The molecular weight excluding hydrogens is 474 g/mol. The van der Waals surface area contributed by atoms with Crippen LogP contribution < -0.4 is 4.90 Å². The van der Waals surface area contributed by atoms with Crippen molar-refractivity contribution in [3.63, 3.8) is 0 Å². The van der Waals surface area contributed by atoms with Crippen molar-refractivity contribution in [3.8, 4) is 0 Å². The van der Waals surface area contributed by atoms with Gasteiger partial charge in [0.05, 0.1) is 16.2 Å². The molecule has 4 aromatic rings.